The molecule has 0 aromatic rings. The summed E-state index contributed by atoms with van der Waals surface area (Å²) in [6.07, 6.45) is 2.56. The number of ether oxygens (including phenoxy) is 1. The van der Waals surface area contributed by atoms with E-state index in [9.17, 15) is 9.18 Å². The monoisotopic (exact) mass is 200 g/mol. The van der Waals surface area contributed by atoms with Crippen LogP contribution in [0.15, 0.2) is 23.5 Å². The first-order valence-corrected chi connectivity index (χ1v) is 4.43. The lowest BCUT2D eigenvalue weighted by molar-refractivity contribution is -0.120. The minimum atomic E-state index is -0.931. The molecule has 1 fully saturated rings. The Labute approximate surface area is 81.6 Å². The van der Waals surface area contributed by atoms with Crippen molar-refractivity contribution in [2.24, 2.45) is 5.73 Å². The van der Waals surface area contributed by atoms with E-state index in [0.29, 0.717) is 12.2 Å². The van der Waals surface area contributed by atoms with Crippen LogP contribution in [0.25, 0.3) is 0 Å². The molecule has 0 bridgehead atoms. The van der Waals surface area contributed by atoms with Crippen molar-refractivity contribution in [2.45, 2.75) is 19.8 Å². The predicted octanol–water partition coefficient (Wildman–Crippen LogP) is 0.914. The molecule has 1 amide bonds. The standard InChI is InChI=1S/C9H13FN2O2/c1-2-3-6-8(9(10)11)12-7(13)4-5-14-6/h3H,2,4-5,11H2,1H3,(H,12,13)/b6-3+,9-8+. The fraction of sp³-hybridized carbons (Fsp3) is 0.444. The summed E-state index contributed by atoms with van der Waals surface area (Å²) in [4.78, 5) is 11.1. The van der Waals surface area contributed by atoms with Crippen molar-refractivity contribution in [1.82, 2.24) is 5.32 Å². The van der Waals surface area contributed by atoms with Gasteiger partial charge in [0.1, 0.15) is 11.5 Å². The Balaban J connectivity index is 2.98. The summed E-state index contributed by atoms with van der Waals surface area (Å²) in [5.74, 6) is -0.918. The second kappa shape index (κ2) is 4.64. The molecular weight excluding hydrogens is 187 g/mol. The van der Waals surface area contributed by atoms with Crippen LogP contribution in [0.1, 0.15) is 19.8 Å². The van der Waals surface area contributed by atoms with Crippen LogP contribution in [0.2, 0.25) is 0 Å². The first kappa shape index (κ1) is 10.6. The second-order valence-electron chi connectivity index (χ2n) is 2.85. The Bertz CT molecular complexity index is 293. The van der Waals surface area contributed by atoms with Gasteiger partial charge in [-0.3, -0.25) is 4.79 Å². The van der Waals surface area contributed by atoms with Gasteiger partial charge in [0.25, 0.3) is 0 Å². The van der Waals surface area contributed by atoms with E-state index in [-0.39, 0.29) is 24.6 Å². The Morgan fingerprint density at radius 1 is 1.79 bits per heavy atom. The number of amides is 1. The number of nitrogens with one attached hydrogen (secondary N) is 1. The zero-order chi connectivity index (χ0) is 10.6. The van der Waals surface area contributed by atoms with Gasteiger partial charge in [-0.1, -0.05) is 6.92 Å². The highest BCUT2D eigenvalue weighted by Crippen LogP contribution is 2.16. The van der Waals surface area contributed by atoms with Gasteiger partial charge >= 0.3 is 0 Å². The number of halogens is 1. The van der Waals surface area contributed by atoms with E-state index in [1.165, 1.54) is 0 Å². The topological polar surface area (TPSA) is 64.3 Å². The minimum Gasteiger partial charge on any atom is -0.491 e. The number of hydrogen-bond acceptors (Lipinski definition) is 3. The Morgan fingerprint density at radius 2 is 2.50 bits per heavy atom. The molecule has 0 radical (unpaired) electrons. The van der Waals surface area contributed by atoms with Gasteiger partial charge in [0.15, 0.2) is 0 Å². The normalized spacial score (nSPS) is 23.9. The first-order chi connectivity index (χ1) is 6.65. The quantitative estimate of drug-likeness (QED) is 0.618. The van der Waals surface area contributed by atoms with Crippen molar-refractivity contribution < 1.29 is 13.9 Å². The van der Waals surface area contributed by atoms with Crippen LogP contribution < -0.4 is 11.1 Å². The summed E-state index contributed by atoms with van der Waals surface area (Å²) < 4.78 is 18.0. The van der Waals surface area contributed by atoms with Crippen LogP contribution in [0.5, 0.6) is 0 Å². The number of carbonyl (C=O) groups is 1. The van der Waals surface area contributed by atoms with Crippen molar-refractivity contribution in [3.05, 3.63) is 23.5 Å². The lowest BCUT2D eigenvalue weighted by Gasteiger charge is -2.08. The SMILES string of the molecule is CC/C=C1/OCCC(=O)N/C1=C(/N)F. The fourth-order valence-corrected chi connectivity index (χ4v) is 1.11. The third kappa shape index (κ3) is 2.48. The molecule has 0 aromatic heterocycles. The zero-order valence-corrected chi connectivity index (χ0v) is 7.97. The van der Waals surface area contributed by atoms with Gasteiger partial charge in [0, 0.05) is 0 Å². The third-order valence-electron chi connectivity index (χ3n) is 1.73. The van der Waals surface area contributed by atoms with Crippen LogP contribution in [-0.2, 0) is 9.53 Å². The summed E-state index contributed by atoms with van der Waals surface area (Å²) in [7, 11) is 0. The molecule has 1 saturated heterocycles. The van der Waals surface area contributed by atoms with Crippen LogP contribution in [-0.4, -0.2) is 12.5 Å². The van der Waals surface area contributed by atoms with Crippen LogP contribution >= 0.6 is 0 Å². The predicted molar refractivity (Wildman–Crippen MR) is 49.4 cm³/mol. The zero-order valence-electron chi connectivity index (χ0n) is 7.97. The molecule has 0 atom stereocenters. The summed E-state index contributed by atoms with van der Waals surface area (Å²) in [6.45, 7) is 2.13. The number of rotatable bonds is 1. The van der Waals surface area contributed by atoms with Crippen molar-refractivity contribution >= 4 is 5.91 Å². The summed E-state index contributed by atoms with van der Waals surface area (Å²) in [5, 5.41) is 2.36. The minimum absolute atomic E-state index is 0.0608. The number of carbonyl (C=O) groups excluding carboxylic acids is 1. The third-order valence-corrected chi connectivity index (χ3v) is 1.73. The summed E-state index contributed by atoms with van der Waals surface area (Å²) >= 11 is 0. The van der Waals surface area contributed by atoms with Gasteiger partial charge in [-0.05, 0) is 12.5 Å². The van der Waals surface area contributed by atoms with Gasteiger partial charge in [-0.2, -0.15) is 4.39 Å². The molecule has 4 nitrogen and oxygen atoms in total. The molecule has 0 aromatic carbocycles. The summed E-state index contributed by atoms with van der Waals surface area (Å²) in [5.41, 5.74) is 4.94. The maximum Gasteiger partial charge on any atom is 0.228 e. The van der Waals surface area contributed by atoms with Crippen molar-refractivity contribution in [3.63, 3.8) is 0 Å². The van der Waals surface area contributed by atoms with Crippen LogP contribution in [0, 0.1) is 0 Å². The highest BCUT2D eigenvalue weighted by Gasteiger charge is 2.18. The number of nitrogens with two attached hydrogens (primary N) is 1. The van der Waals surface area contributed by atoms with Gasteiger partial charge in [0.2, 0.25) is 11.9 Å². The Morgan fingerprint density at radius 3 is 3.07 bits per heavy atom. The Hall–Kier alpha value is -1.52. The van der Waals surface area contributed by atoms with Gasteiger partial charge in [0.05, 0.1) is 13.0 Å². The molecule has 78 valence electrons. The maximum atomic E-state index is 12.8. The molecule has 1 aliphatic heterocycles. The molecule has 0 unspecified atom stereocenters. The van der Waals surface area contributed by atoms with Crippen molar-refractivity contribution in [2.75, 3.05) is 6.61 Å². The number of hydrogen-bond donors (Lipinski definition) is 2. The average Bonchev–Trinajstić information content (AvgIpc) is 2.29. The van der Waals surface area contributed by atoms with Gasteiger partial charge in [-0.25, -0.2) is 0 Å². The molecule has 14 heavy (non-hydrogen) atoms. The molecular formula is C9H13FN2O2. The highest BCUT2D eigenvalue weighted by molar-refractivity contribution is 5.79. The maximum absolute atomic E-state index is 12.8. The van der Waals surface area contributed by atoms with E-state index in [1.807, 2.05) is 6.92 Å². The molecule has 5 heteroatoms. The molecule has 0 spiro atoms. The van der Waals surface area contributed by atoms with Crippen LogP contribution in [0.4, 0.5) is 4.39 Å². The van der Waals surface area contributed by atoms with E-state index in [0.717, 1.165) is 0 Å². The molecule has 0 aliphatic carbocycles. The van der Waals surface area contributed by atoms with E-state index in [1.54, 1.807) is 6.08 Å². The Kier molecular flexibility index (Phi) is 3.50. The van der Waals surface area contributed by atoms with Crippen LogP contribution in [0.3, 0.4) is 0 Å². The highest BCUT2D eigenvalue weighted by atomic mass is 19.1. The van der Waals surface area contributed by atoms with Crippen molar-refractivity contribution in [3.8, 4) is 0 Å². The first-order valence-electron chi connectivity index (χ1n) is 4.43. The summed E-state index contributed by atoms with van der Waals surface area (Å²) in [6, 6.07) is 0. The van der Waals surface area contributed by atoms with Gasteiger partial charge in [-0.15, -0.1) is 0 Å². The largest absolute Gasteiger partial charge is 0.491 e. The molecule has 1 heterocycles. The second-order valence-corrected chi connectivity index (χ2v) is 2.85. The molecule has 0 saturated carbocycles. The van der Waals surface area contributed by atoms with Gasteiger partial charge < -0.3 is 15.8 Å². The molecule has 3 N–H and O–H groups in total. The van der Waals surface area contributed by atoms with E-state index < -0.39 is 5.95 Å². The van der Waals surface area contributed by atoms with E-state index in [2.05, 4.69) is 5.32 Å². The average molecular weight is 200 g/mol. The van der Waals surface area contributed by atoms with E-state index >= 15 is 0 Å². The molecule has 1 aliphatic rings. The lowest BCUT2D eigenvalue weighted by Crippen LogP contribution is -2.23. The number of allylic oxidation sites excluding steroid dienone is 1. The fourth-order valence-electron chi connectivity index (χ4n) is 1.11. The van der Waals surface area contributed by atoms with Crippen molar-refractivity contribution in [1.29, 1.82) is 0 Å². The molecule has 1 rings (SSSR count). The lowest BCUT2D eigenvalue weighted by atomic mass is 10.3. The van der Waals surface area contributed by atoms with E-state index in [4.69, 9.17) is 10.5 Å². The smallest absolute Gasteiger partial charge is 0.228 e.